The van der Waals surface area contributed by atoms with Gasteiger partial charge in [0.2, 0.25) is 0 Å². The molecule has 0 heterocycles. The molecule has 0 aliphatic rings. The van der Waals surface area contributed by atoms with Gasteiger partial charge in [-0.3, -0.25) is 0 Å². The van der Waals surface area contributed by atoms with Crippen LogP contribution < -0.4 is 0 Å². The van der Waals surface area contributed by atoms with Gasteiger partial charge in [0.1, 0.15) is 6.10 Å². The molecule has 0 saturated heterocycles. The fourth-order valence-corrected chi connectivity index (χ4v) is 0.848. The minimum atomic E-state index is -0.676. The van der Waals surface area contributed by atoms with Crippen molar-refractivity contribution in [3.8, 4) is 0 Å². The van der Waals surface area contributed by atoms with E-state index in [4.69, 9.17) is 14.2 Å². The minimum absolute atomic E-state index is 0.0600. The van der Waals surface area contributed by atoms with E-state index in [9.17, 15) is 0 Å². The predicted octanol–water partition coefficient (Wildman–Crippen LogP) is 1.59. The topological polar surface area (TPSA) is 27.7 Å². The molecule has 3 nitrogen and oxygen atoms in total. The van der Waals surface area contributed by atoms with E-state index < -0.39 is 4.27 Å². The number of thiol groups is 2. The van der Waals surface area contributed by atoms with Crippen molar-refractivity contribution in [2.24, 2.45) is 0 Å². The van der Waals surface area contributed by atoms with Crippen LogP contribution in [0, 0.1) is 0 Å². The van der Waals surface area contributed by atoms with Gasteiger partial charge < -0.3 is 14.2 Å². The van der Waals surface area contributed by atoms with Crippen LogP contribution in [0.5, 0.6) is 0 Å². The number of rotatable bonds is 7. The van der Waals surface area contributed by atoms with Gasteiger partial charge in [-0.05, 0) is 6.42 Å². The third-order valence-electron chi connectivity index (χ3n) is 1.65. The van der Waals surface area contributed by atoms with Crippen LogP contribution in [0.15, 0.2) is 0 Å². The maximum Gasteiger partial charge on any atom is 0.154 e. The molecule has 0 fully saturated rings. The Morgan fingerprint density at radius 1 is 1.23 bits per heavy atom. The minimum Gasteiger partial charge on any atom is -0.382 e. The van der Waals surface area contributed by atoms with Gasteiger partial charge in [-0.15, -0.1) is 25.3 Å². The summed E-state index contributed by atoms with van der Waals surface area (Å²) in [7, 11) is 3.25. The van der Waals surface area contributed by atoms with Crippen molar-refractivity contribution in [2.45, 2.75) is 23.7 Å². The molecular weight excluding hydrogens is 208 g/mol. The maximum atomic E-state index is 5.41. The van der Waals surface area contributed by atoms with Gasteiger partial charge in [0.15, 0.2) is 4.27 Å². The van der Waals surface area contributed by atoms with Crippen LogP contribution in [-0.4, -0.2) is 37.8 Å². The number of ether oxygens (including phenoxy) is 3. The van der Waals surface area contributed by atoms with Crippen molar-refractivity contribution in [2.75, 3.05) is 27.4 Å². The summed E-state index contributed by atoms with van der Waals surface area (Å²) >= 11 is 8.43. The zero-order valence-electron chi connectivity index (χ0n) is 8.32. The molecule has 0 rings (SSSR count). The van der Waals surface area contributed by atoms with Gasteiger partial charge in [-0.2, -0.15) is 0 Å². The molecule has 1 atom stereocenters. The standard InChI is InChI=1S/C8H18O3S2/c1-4-8(12,13)11-6-7(10-3)5-9-2/h7,12-13H,4-6H2,1-3H3. The summed E-state index contributed by atoms with van der Waals surface area (Å²) in [4.78, 5) is 0. The van der Waals surface area contributed by atoms with Crippen LogP contribution in [0.3, 0.4) is 0 Å². The summed E-state index contributed by atoms with van der Waals surface area (Å²) in [6.45, 7) is 2.90. The third kappa shape index (κ3) is 6.62. The quantitative estimate of drug-likeness (QED) is 0.510. The van der Waals surface area contributed by atoms with Gasteiger partial charge in [-0.1, -0.05) is 6.92 Å². The summed E-state index contributed by atoms with van der Waals surface area (Å²) in [6, 6.07) is 0. The highest BCUT2D eigenvalue weighted by Gasteiger charge is 2.20. The average Bonchev–Trinajstić information content (AvgIpc) is 2.12. The van der Waals surface area contributed by atoms with Gasteiger partial charge >= 0.3 is 0 Å². The van der Waals surface area contributed by atoms with E-state index in [0.29, 0.717) is 13.2 Å². The zero-order chi connectivity index (χ0) is 10.3. The van der Waals surface area contributed by atoms with E-state index in [1.807, 2.05) is 6.92 Å². The fourth-order valence-electron chi connectivity index (χ4n) is 0.699. The Labute approximate surface area is 90.9 Å². The van der Waals surface area contributed by atoms with Gasteiger partial charge in [0.05, 0.1) is 13.2 Å². The van der Waals surface area contributed by atoms with Crippen molar-refractivity contribution in [3.63, 3.8) is 0 Å². The summed E-state index contributed by atoms with van der Waals surface area (Å²) < 4.78 is 14.8. The molecule has 0 bridgehead atoms. The highest BCUT2D eigenvalue weighted by molar-refractivity contribution is 8.00. The van der Waals surface area contributed by atoms with E-state index in [0.717, 1.165) is 6.42 Å². The van der Waals surface area contributed by atoms with E-state index >= 15 is 0 Å². The molecule has 80 valence electrons. The second-order valence-corrected chi connectivity index (χ2v) is 4.52. The summed E-state index contributed by atoms with van der Waals surface area (Å²) in [5, 5.41) is 0. The maximum absolute atomic E-state index is 5.41. The third-order valence-corrected chi connectivity index (χ3v) is 2.54. The van der Waals surface area contributed by atoms with Crippen LogP contribution >= 0.6 is 25.3 Å². The monoisotopic (exact) mass is 226 g/mol. The van der Waals surface area contributed by atoms with Crippen molar-refractivity contribution >= 4 is 25.3 Å². The zero-order valence-corrected chi connectivity index (χ0v) is 10.1. The number of hydrogen-bond acceptors (Lipinski definition) is 5. The lowest BCUT2D eigenvalue weighted by Crippen LogP contribution is -2.29. The fraction of sp³-hybridized carbons (Fsp3) is 1.00. The molecule has 5 heteroatoms. The summed E-state index contributed by atoms with van der Waals surface area (Å²) in [5.41, 5.74) is 0. The Balaban J connectivity index is 3.70. The number of hydrogen-bond donors (Lipinski definition) is 2. The molecule has 0 radical (unpaired) electrons. The smallest absolute Gasteiger partial charge is 0.154 e. The van der Waals surface area contributed by atoms with Crippen LogP contribution in [0.1, 0.15) is 13.3 Å². The molecule has 13 heavy (non-hydrogen) atoms. The Hall–Kier alpha value is 0.580. The Bertz CT molecular complexity index is 131. The molecule has 0 aromatic heterocycles. The van der Waals surface area contributed by atoms with Crippen LogP contribution in [0.2, 0.25) is 0 Å². The molecule has 0 aromatic rings. The molecular formula is C8H18O3S2. The Morgan fingerprint density at radius 3 is 2.23 bits per heavy atom. The van der Waals surface area contributed by atoms with Gasteiger partial charge in [-0.25, -0.2) is 0 Å². The second-order valence-electron chi connectivity index (χ2n) is 2.72. The highest BCUT2D eigenvalue weighted by atomic mass is 32.2. The van der Waals surface area contributed by atoms with Crippen LogP contribution in [0.4, 0.5) is 0 Å². The normalized spacial score (nSPS) is 14.5. The van der Waals surface area contributed by atoms with E-state index in [2.05, 4.69) is 25.3 Å². The predicted molar refractivity (Wildman–Crippen MR) is 59.6 cm³/mol. The molecule has 0 saturated carbocycles. The van der Waals surface area contributed by atoms with Gasteiger partial charge in [0, 0.05) is 14.2 Å². The van der Waals surface area contributed by atoms with Crippen molar-refractivity contribution in [1.82, 2.24) is 0 Å². The summed E-state index contributed by atoms with van der Waals surface area (Å²) in [6.07, 6.45) is 0.665. The van der Waals surface area contributed by atoms with Crippen molar-refractivity contribution in [3.05, 3.63) is 0 Å². The first-order valence-corrected chi connectivity index (χ1v) is 5.05. The average molecular weight is 226 g/mol. The first-order chi connectivity index (χ1) is 6.05. The molecule has 0 aliphatic carbocycles. The molecule has 0 amide bonds. The van der Waals surface area contributed by atoms with E-state index in [1.165, 1.54) is 0 Å². The molecule has 0 aromatic carbocycles. The lowest BCUT2D eigenvalue weighted by Gasteiger charge is -2.24. The summed E-state index contributed by atoms with van der Waals surface area (Å²) in [5.74, 6) is 0. The lowest BCUT2D eigenvalue weighted by molar-refractivity contribution is -0.0426. The van der Waals surface area contributed by atoms with Crippen molar-refractivity contribution < 1.29 is 14.2 Å². The van der Waals surface area contributed by atoms with Crippen LogP contribution in [-0.2, 0) is 14.2 Å². The van der Waals surface area contributed by atoms with E-state index in [1.54, 1.807) is 14.2 Å². The van der Waals surface area contributed by atoms with Crippen LogP contribution in [0.25, 0.3) is 0 Å². The number of methoxy groups -OCH3 is 2. The molecule has 0 aliphatic heterocycles. The Morgan fingerprint density at radius 2 is 1.85 bits per heavy atom. The molecule has 1 unspecified atom stereocenters. The van der Waals surface area contributed by atoms with Gasteiger partial charge in [0.25, 0.3) is 0 Å². The van der Waals surface area contributed by atoms with Crippen molar-refractivity contribution in [1.29, 1.82) is 0 Å². The molecule has 0 N–H and O–H groups in total. The first kappa shape index (κ1) is 13.6. The first-order valence-electron chi connectivity index (χ1n) is 4.16. The largest absolute Gasteiger partial charge is 0.382 e. The highest BCUT2D eigenvalue weighted by Crippen LogP contribution is 2.25. The second kappa shape index (κ2) is 6.95. The SMILES string of the molecule is CCC(S)(S)OCC(COC)OC. The van der Waals surface area contributed by atoms with E-state index in [-0.39, 0.29) is 6.10 Å². The molecule has 0 spiro atoms. The lowest BCUT2D eigenvalue weighted by atomic mass is 10.4. The Kier molecular flexibility index (Phi) is 7.26.